The minimum Gasteiger partial charge on any atom is -0.383 e. The maximum absolute atomic E-state index is 5.78. The van der Waals surface area contributed by atoms with E-state index in [-0.39, 0.29) is 0 Å². The Morgan fingerprint density at radius 2 is 2.25 bits per heavy atom. The highest BCUT2D eigenvalue weighted by Crippen LogP contribution is 2.31. The summed E-state index contributed by atoms with van der Waals surface area (Å²) in [4.78, 5) is 8.64. The first-order valence-corrected chi connectivity index (χ1v) is 5.18. The molecule has 0 unspecified atom stereocenters. The standard InChI is InChI=1S/C8H11N3S/c1-2-7-10-6-4-12-3-5(6)8(9)11-7/h2-4H2,1H3,(H2,9,10,11). The van der Waals surface area contributed by atoms with E-state index in [0.717, 1.165) is 35.0 Å². The summed E-state index contributed by atoms with van der Waals surface area (Å²) in [6.45, 7) is 2.04. The molecule has 2 N–H and O–H groups in total. The summed E-state index contributed by atoms with van der Waals surface area (Å²) < 4.78 is 0. The van der Waals surface area contributed by atoms with E-state index < -0.39 is 0 Å². The molecule has 12 heavy (non-hydrogen) atoms. The van der Waals surface area contributed by atoms with Crippen molar-refractivity contribution < 1.29 is 0 Å². The van der Waals surface area contributed by atoms with Crippen LogP contribution >= 0.6 is 11.8 Å². The summed E-state index contributed by atoms with van der Waals surface area (Å²) in [6.07, 6.45) is 0.863. The molecule has 64 valence electrons. The number of nitrogens with zero attached hydrogens (tertiary/aromatic N) is 2. The fraction of sp³-hybridized carbons (Fsp3) is 0.500. The number of aromatic nitrogens is 2. The first kappa shape index (κ1) is 7.86. The molecule has 0 saturated heterocycles. The summed E-state index contributed by atoms with van der Waals surface area (Å²) in [7, 11) is 0. The molecule has 2 rings (SSSR count). The van der Waals surface area contributed by atoms with Gasteiger partial charge in [-0.05, 0) is 0 Å². The Kier molecular flexibility index (Phi) is 1.92. The molecule has 4 heteroatoms. The number of thioether (sulfide) groups is 1. The predicted octanol–water partition coefficient (Wildman–Crippen LogP) is 1.37. The van der Waals surface area contributed by atoms with Crippen LogP contribution in [-0.4, -0.2) is 9.97 Å². The highest BCUT2D eigenvalue weighted by atomic mass is 32.2. The van der Waals surface area contributed by atoms with E-state index in [1.807, 2.05) is 18.7 Å². The Bertz CT molecular complexity index is 311. The van der Waals surface area contributed by atoms with E-state index in [1.54, 1.807) is 0 Å². The third-order valence-corrected chi connectivity index (χ3v) is 2.94. The van der Waals surface area contributed by atoms with Gasteiger partial charge >= 0.3 is 0 Å². The molecular formula is C8H11N3S. The number of nitrogen functional groups attached to an aromatic ring is 1. The number of fused-ring (bicyclic) bond motifs is 1. The molecule has 0 amide bonds. The van der Waals surface area contributed by atoms with E-state index in [9.17, 15) is 0 Å². The lowest BCUT2D eigenvalue weighted by Gasteiger charge is -2.03. The van der Waals surface area contributed by atoms with Gasteiger partial charge in [-0.3, -0.25) is 0 Å². The van der Waals surface area contributed by atoms with Crippen molar-refractivity contribution in [3.05, 3.63) is 17.1 Å². The monoisotopic (exact) mass is 181 g/mol. The average Bonchev–Trinajstić information content (AvgIpc) is 2.52. The van der Waals surface area contributed by atoms with Crippen LogP contribution in [0.5, 0.6) is 0 Å². The van der Waals surface area contributed by atoms with E-state index in [0.29, 0.717) is 5.82 Å². The Hall–Kier alpha value is -0.770. The van der Waals surface area contributed by atoms with Crippen molar-refractivity contribution in [3.8, 4) is 0 Å². The van der Waals surface area contributed by atoms with Gasteiger partial charge in [-0.1, -0.05) is 6.92 Å². The smallest absolute Gasteiger partial charge is 0.131 e. The van der Waals surface area contributed by atoms with Gasteiger partial charge in [0.2, 0.25) is 0 Å². The minimum absolute atomic E-state index is 0.682. The van der Waals surface area contributed by atoms with Crippen molar-refractivity contribution in [2.24, 2.45) is 0 Å². The van der Waals surface area contributed by atoms with Crippen LogP contribution in [0, 0.1) is 0 Å². The molecule has 0 aromatic carbocycles. The van der Waals surface area contributed by atoms with Crippen molar-refractivity contribution in [2.45, 2.75) is 24.9 Å². The molecule has 0 spiro atoms. The van der Waals surface area contributed by atoms with Crippen molar-refractivity contribution in [2.75, 3.05) is 5.73 Å². The maximum Gasteiger partial charge on any atom is 0.131 e. The molecule has 0 fully saturated rings. The maximum atomic E-state index is 5.78. The van der Waals surface area contributed by atoms with Crippen molar-refractivity contribution in [3.63, 3.8) is 0 Å². The largest absolute Gasteiger partial charge is 0.383 e. The van der Waals surface area contributed by atoms with Gasteiger partial charge in [0.05, 0.1) is 5.69 Å². The second-order valence-electron chi connectivity index (χ2n) is 2.80. The summed E-state index contributed by atoms with van der Waals surface area (Å²) >= 11 is 1.85. The number of nitrogens with two attached hydrogens (primary N) is 1. The predicted molar refractivity (Wildman–Crippen MR) is 50.8 cm³/mol. The first-order valence-electron chi connectivity index (χ1n) is 4.03. The van der Waals surface area contributed by atoms with Gasteiger partial charge in [0.25, 0.3) is 0 Å². The van der Waals surface area contributed by atoms with Gasteiger partial charge in [-0.25, -0.2) is 9.97 Å². The summed E-state index contributed by atoms with van der Waals surface area (Å²) in [5, 5.41) is 0. The highest BCUT2D eigenvalue weighted by molar-refractivity contribution is 7.98. The molecule has 0 atom stereocenters. The summed E-state index contributed by atoms with van der Waals surface area (Å²) in [5.41, 5.74) is 8.08. The lowest BCUT2D eigenvalue weighted by atomic mass is 10.2. The first-order chi connectivity index (χ1) is 5.81. The highest BCUT2D eigenvalue weighted by Gasteiger charge is 2.17. The number of hydrogen-bond donors (Lipinski definition) is 1. The second-order valence-corrected chi connectivity index (χ2v) is 3.78. The SMILES string of the molecule is CCc1nc(N)c2c(n1)CSC2. The number of anilines is 1. The molecule has 0 radical (unpaired) electrons. The van der Waals surface area contributed by atoms with Crippen LogP contribution in [0.1, 0.15) is 24.0 Å². The zero-order valence-corrected chi connectivity index (χ0v) is 7.82. The molecule has 1 aromatic heterocycles. The summed E-state index contributed by atoms with van der Waals surface area (Å²) in [5.74, 6) is 3.52. The molecule has 3 nitrogen and oxygen atoms in total. The van der Waals surface area contributed by atoms with E-state index >= 15 is 0 Å². The zero-order chi connectivity index (χ0) is 8.55. The lowest BCUT2D eigenvalue weighted by molar-refractivity contribution is 0.912. The van der Waals surface area contributed by atoms with E-state index in [4.69, 9.17) is 5.73 Å². The van der Waals surface area contributed by atoms with Crippen molar-refractivity contribution in [1.82, 2.24) is 9.97 Å². The van der Waals surface area contributed by atoms with Gasteiger partial charge in [-0.2, -0.15) is 11.8 Å². The third kappa shape index (κ3) is 1.16. The van der Waals surface area contributed by atoms with Crippen LogP contribution in [0.2, 0.25) is 0 Å². The molecule has 1 aromatic rings. The van der Waals surface area contributed by atoms with Crippen LogP contribution in [0.3, 0.4) is 0 Å². The average molecular weight is 181 g/mol. The van der Waals surface area contributed by atoms with Gasteiger partial charge in [0, 0.05) is 23.5 Å². The molecular weight excluding hydrogens is 170 g/mol. The van der Waals surface area contributed by atoms with Crippen LogP contribution < -0.4 is 5.73 Å². The Balaban J connectivity index is 2.51. The lowest BCUT2D eigenvalue weighted by Crippen LogP contribution is -2.04. The zero-order valence-electron chi connectivity index (χ0n) is 7.00. The van der Waals surface area contributed by atoms with Gasteiger partial charge < -0.3 is 5.73 Å². The third-order valence-electron chi connectivity index (χ3n) is 1.97. The number of aryl methyl sites for hydroxylation is 1. The Morgan fingerprint density at radius 3 is 3.00 bits per heavy atom. The molecule has 2 heterocycles. The van der Waals surface area contributed by atoms with E-state index in [2.05, 4.69) is 9.97 Å². The Morgan fingerprint density at radius 1 is 1.42 bits per heavy atom. The van der Waals surface area contributed by atoms with Crippen LogP contribution in [-0.2, 0) is 17.9 Å². The number of rotatable bonds is 1. The fourth-order valence-corrected chi connectivity index (χ4v) is 2.34. The molecule has 0 aliphatic carbocycles. The molecule has 0 bridgehead atoms. The van der Waals surface area contributed by atoms with Crippen molar-refractivity contribution in [1.29, 1.82) is 0 Å². The normalized spacial score (nSPS) is 14.8. The van der Waals surface area contributed by atoms with Gasteiger partial charge in [0.1, 0.15) is 11.6 Å². The van der Waals surface area contributed by atoms with Gasteiger partial charge in [-0.15, -0.1) is 0 Å². The van der Waals surface area contributed by atoms with Gasteiger partial charge in [0.15, 0.2) is 0 Å². The molecule has 0 saturated carbocycles. The topological polar surface area (TPSA) is 51.8 Å². The second kappa shape index (κ2) is 2.94. The quantitative estimate of drug-likeness (QED) is 0.711. The van der Waals surface area contributed by atoms with Crippen molar-refractivity contribution >= 4 is 17.6 Å². The molecule has 1 aliphatic heterocycles. The minimum atomic E-state index is 0.682. The summed E-state index contributed by atoms with van der Waals surface area (Å²) in [6, 6.07) is 0. The number of hydrogen-bond acceptors (Lipinski definition) is 4. The van der Waals surface area contributed by atoms with E-state index in [1.165, 1.54) is 0 Å². The Labute approximate surface area is 75.8 Å². The van der Waals surface area contributed by atoms with Crippen LogP contribution in [0.15, 0.2) is 0 Å². The van der Waals surface area contributed by atoms with Crippen LogP contribution in [0.4, 0.5) is 5.82 Å². The molecule has 1 aliphatic rings. The fourth-order valence-electron chi connectivity index (χ4n) is 1.29. The van der Waals surface area contributed by atoms with Crippen LogP contribution in [0.25, 0.3) is 0 Å².